The number of fused-ring (bicyclic) bond motifs is 1. The van der Waals surface area contributed by atoms with E-state index in [1.165, 1.54) is 16.8 Å². The number of pyridine rings is 2. The second-order valence-electron chi connectivity index (χ2n) is 8.14. The van der Waals surface area contributed by atoms with Crippen LogP contribution in [0.3, 0.4) is 0 Å². The normalized spacial score (nSPS) is 13.1. The predicted octanol–water partition coefficient (Wildman–Crippen LogP) is 4.05. The molecule has 1 aliphatic rings. The highest BCUT2D eigenvalue weighted by Crippen LogP contribution is 2.23. The van der Waals surface area contributed by atoms with Gasteiger partial charge in [0.05, 0.1) is 5.52 Å². The molecule has 1 saturated heterocycles. The summed E-state index contributed by atoms with van der Waals surface area (Å²) in [6.45, 7) is 5.39. The highest BCUT2D eigenvalue weighted by Gasteiger charge is 2.22. The maximum Gasteiger partial charge on any atom is 0.280 e. The van der Waals surface area contributed by atoms with Crippen LogP contribution in [0.15, 0.2) is 47.4 Å². The van der Waals surface area contributed by atoms with Crippen LogP contribution in [0.2, 0.25) is 5.02 Å². The van der Waals surface area contributed by atoms with Gasteiger partial charge < -0.3 is 10.2 Å². The topological polar surface area (TPSA) is 93.0 Å². The Balaban J connectivity index is 1.64. The number of hydrogen-bond acceptors (Lipinski definition) is 6. The molecule has 3 aromatic heterocycles. The van der Waals surface area contributed by atoms with E-state index in [2.05, 4.69) is 25.3 Å². The van der Waals surface area contributed by atoms with E-state index < -0.39 is 22.8 Å². The van der Waals surface area contributed by atoms with E-state index in [1.807, 2.05) is 6.92 Å². The Kier molecular flexibility index (Phi) is 5.49. The highest BCUT2D eigenvalue weighted by atomic mass is 35.5. The van der Waals surface area contributed by atoms with Crippen molar-refractivity contribution < 1.29 is 9.18 Å². The largest absolute Gasteiger partial charge is 0.356 e. The molecule has 8 nitrogen and oxygen atoms in total. The molecule has 1 fully saturated rings. The summed E-state index contributed by atoms with van der Waals surface area (Å²) in [6.07, 6.45) is 2.68. The van der Waals surface area contributed by atoms with Gasteiger partial charge in [-0.2, -0.15) is 5.10 Å². The van der Waals surface area contributed by atoms with Gasteiger partial charge in [-0.15, -0.1) is 0 Å². The van der Waals surface area contributed by atoms with Gasteiger partial charge in [-0.3, -0.25) is 9.59 Å². The van der Waals surface area contributed by atoms with Gasteiger partial charge in [-0.05, 0) is 56.2 Å². The van der Waals surface area contributed by atoms with Crippen molar-refractivity contribution in [2.75, 3.05) is 23.3 Å². The van der Waals surface area contributed by atoms with Crippen LogP contribution >= 0.6 is 11.6 Å². The third-order valence-electron chi connectivity index (χ3n) is 5.84. The first-order chi connectivity index (χ1) is 16.3. The fraction of sp³-hybridized carbons (Fsp3) is 0.208. The van der Waals surface area contributed by atoms with E-state index in [1.54, 1.807) is 31.3 Å². The quantitative estimate of drug-likeness (QED) is 0.475. The van der Waals surface area contributed by atoms with E-state index in [0.717, 1.165) is 37.0 Å². The summed E-state index contributed by atoms with van der Waals surface area (Å²) in [7, 11) is 0. The van der Waals surface area contributed by atoms with E-state index in [9.17, 15) is 14.0 Å². The molecule has 0 spiro atoms. The Bertz CT molecular complexity index is 1520. The van der Waals surface area contributed by atoms with Gasteiger partial charge in [0.15, 0.2) is 5.69 Å². The summed E-state index contributed by atoms with van der Waals surface area (Å²) in [6, 6.07) is 9.16. The molecular weight excluding hydrogens is 459 g/mol. The molecule has 1 N–H and O–H groups in total. The van der Waals surface area contributed by atoms with Crippen molar-refractivity contribution in [3.05, 3.63) is 80.6 Å². The van der Waals surface area contributed by atoms with Crippen molar-refractivity contribution in [2.45, 2.75) is 20.3 Å². The van der Waals surface area contributed by atoms with E-state index >= 15 is 0 Å². The minimum absolute atomic E-state index is 0.0218. The van der Waals surface area contributed by atoms with Crippen molar-refractivity contribution in [1.29, 1.82) is 0 Å². The molecule has 0 radical (unpaired) electrons. The number of benzene rings is 1. The fourth-order valence-corrected chi connectivity index (χ4v) is 3.88. The van der Waals surface area contributed by atoms with Crippen molar-refractivity contribution in [2.24, 2.45) is 0 Å². The molecule has 10 heteroatoms. The van der Waals surface area contributed by atoms with Gasteiger partial charge in [0.1, 0.15) is 22.8 Å². The second-order valence-corrected chi connectivity index (χ2v) is 8.58. The molecule has 1 aliphatic heterocycles. The number of hydrogen-bond donors (Lipinski definition) is 1. The molecule has 0 bridgehead atoms. The summed E-state index contributed by atoms with van der Waals surface area (Å²) >= 11 is 5.91. The summed E-state index contributed by atoms with van der Waals surface area (Å²) in [4.78, 5) is 37.2. The molecule has 5 rings (SSSR count). The zero-order valence-corrected chi connectivity index (χ0v) is 19.2. The van der Waals surface area contributed by atoms with Crippen LogP contribution in [-0.2, 0) is 0 Å². The van der Waals surface area contributed by atoms with E-state index in [0.29, 0.717) is 11.4 Å². The van der Waals surface area contributed by atoms with Crippen LogP contribution < -0.4 is 15.6 Å². The van der Waals surface area contributed by atoms with Gasteiger partial charge in [0, 0.05) is 41.8 Å². The standard InChI is InChI=1S/C24H20ClFN6O2/c1-13-10-19-21(28-14(13)2)23(33)22(30-32(19)18-5-4-15(25)11-17(18)26)24(34)29-16-6-7-27-20(12-16)31-8-3-9-31/h4-7,10-12H,3,8-9H2,1-2H3,(H,27,29,34). The minimum atomic E-state index is -0.726. The monoisotopic (exact) mass is 478 g/mol. The number of aromatic nitrogens is 4. The van der Waals surface area contributed by atoms with E-state index in [4.69, 9.17) is 11.6 Å². The Morgan fingerprint density at radius 3 is 2.65 bits per heavy atom. The summed E-state index contributed by atoms with van der Waals surface area (Å²) in [5.74, 6) is -0.636. The molecule has 1 aromatic carbocycles. The highest BCUT2D eigenvalue weighted by molar-refractivity contribution is 6.30. The van der Waals surface area contributed by atoms with Crippen molar-refractivity contribution >= 4 is 40.0 Å². The van der Waals surface area contributed by atoms with Gasteiger partial charge >= 0.3 is 0 Å². The van der Waals surface area contributed by atoms with Crippen LogP contribution in [0, 0.1) is 19.7 Å². The molecule has 34 heavy (non-hydrogen) atoms. The van der Waals surface area contributed by atoms with Gasteiger partial charge in [-0.1, -0.05) is 11.6 Å². The second kappa shape index (κ2) is 8.49. The van der Waals surface area contributed by atoms with Crippen molar-refractivity contribution in [3.63, 3.8) is 0 Å². The Hall–Kier alpha value is -3.85. The number of aryl methyl sites for hydroxylation is 2. The van der Waals surface area contributed by atoms with E-state index in [-0.39, 0.29) is 21.7 Å². The first kappa shape index (κ1) is 22.0. The number of carbonyl (C=O) groups excluding carboxylic acids is 1. The number of rotatable bonds is 4. The predicted molar refractivity (Wildman–Crippen MR) is 129 cm³/mol. The number of halogens is 2. The third-order valence-corrected chi connectivity index (χ3v) is 6.08. The first-order valence-corrected chi connectivity index (χ1v) is 11.1. The lowest BCUT2D eigenvalue weighted by Gasteiger charge is -2.32. The van der Waals surface area contributed by atoms with Crippen LogP contribution in [0.4, 0.5) is 15.9 Å². The molecule has 1 amide bonds. The SMILES string of the molecule is Cc1cc2c(nc1C)c(=O)c(C(=O)Nc1ccnc(N3CCC3)c1)nn2-c1ccc(Cl)cc1F. The number of nitrogens with one attached hydrogen (secondary N) is 1. The van der Waals surface area contributed by atoms with Gasteiger partial charge in [0.2, 0.25) is 5.43 Å². The maximum atomic E-state index is 14.8. The number of amides is 1. The Morgan fingerprint density at radius 2 is 1.94 bits per heavy atom. The summed E-state index contributed by atoms with van der Waals surface area (Å²) in [5, 5.41) is 7.18. The Morgan fingerprint density at radius 1 is 1.15 bits per heavy atom. The molecule has 4 heterocycles. The van der Waals surface area contributed by atoms with Crippen LogP contribution in [-0.4, -0.2) is 38.7 Å². The van der Waals surface area contributed by atoms with Crippen LogP contribution in [0.25, 0.3) is 16.7 Å². The van der Waals surface area contributed by atoms with Crippen molar-refractivity contribution in [3.8, 4) is 5.69 Å². The first-order valence-electron chi connectivity index (χ1n) is 10.7. The molecule has 172 valence electrons. The lowest BCUT2D eigenvalue weighted by Crippen LogP contribution is -2.37. The molecule has 0 saturated carbocycles. The molecular formula is C24H20ClFN6O2. The van der Waals surface area contributed by atoms with Gasteiger partial charge in [0.25, 0.3) is 5.91 Å². The average molecular weight is 479 g/mol. The molecule has 0 atom stereocenters. The van der Waals surface area contributed by atoms with Crippen LogP contribution in [0.5, 0.6) is 0 Å². The lowest BCUT2D eigenvalue weighted by atomic mass is 10.1. The Labute approximate surface area is 199 Å². The van der Waals surface area contributed by atoms with Gasteiger partial charge in [-0.25, -0.2) is 19.0 Å². The lowest BCUT2D eigenvalue weighted by molar-refractivity contribution is 0.102. The smallest absolute Gasteiger partial charge is 0.280 e. The van der Waals surface area contributed by atoms with Crippen LogP contribution in [0.1, 0.15) is 28.2 Å². The number of nitrogens with zero attached hydrogens (tertiary/aromatic N) is 5. The summed E-state index contributed by atoms with van der Waals surface area (Å²) in [5.41, 5.74) is 1.20. The zero-order valence-electron chi connectivity index (χ0n) is 18.5. The molecule has 0 unspecified atom stereocenters. The zero-order chi connectivity index (χ0) is 24.0. The minimum Gasteiger partial charge on any atom is -0.356 e. The third kappa shape index (κ3) is 3.88. The average Bonchev–Trinajstić information content (AvgIpc) is 2.75. The number of anilines is 2. The number of carbonyl (C=O) groups is 1. The summed E-state index contributed by atoms with van der Waals surface area (Å²) < 4.78 is 16.0. The van der Waals surface area contributed by atoms with Crippen molar-refractivity contribution in [1.82, 2.24) is 19.7 Å². The molecule has 4 aromatic rings. The fourth-order valence-electron chi connectivity index (χ4n) is 3.72. The molecule has 0 aliphatic carbocycles. The maximum absolute atomic E-state index is 14.8.